The number of nitrogens with two attached hydrogens (primary N) is 1. The Morgan fingerprint density at radius 3 is 2.83 bits per heavy atom. The van der Waals surface area contributed by atoms with E-state index in [0.29, 0.717) is 24.2 Å². The molecule has 2 fully saturated rings. The van der Waals surface area contributed by atoms with Gasteiger partial charge in [-0.15, -0.1) is 11.3 Å². The summed E-state index contributed by atoms with van der Waals surface area (Å²) in [5.41, 5.74) is 7.50. The molecule has 23 heavy (non-hydrogen) atoms. The molecule has 0 unspecified atom stereocenters. The molecule has 1 aromatic carbocycles. The number of likely N-dealkylation sites (tertiary alicyclic amines) is 1. The molecule has 1 aliphatic heterocycles. The fourth-order valence-corrected chi connectivity index (χ4v) is 4.76. The van der Waals surface area contributed by atoms with Gasteiger partial charge in [-0.25, -0.2) is 4.98 Å². The predicted molar refractivity (Wildman–Crippen MR) is 95.5 cm³/mol. The first-order valence-corrected chi connectivity index (χ1v) is 9.45. The van der Waals surface area contributed by atoms with Gasteiger partial charge in [-0.05, 0) is 43.4 Å². The van der Waals surface area contributed by atoms with Crippen LogP contribution in [0.3, 0.4) is 0 Å². The van der Waals surface area contributed by atoms with Crippen LogP contribution in [0.5, 0.6) is 0 Å². The van der Waals surface area contributed by atoms with E-state index in [4.69, 9.17) is 5.73 Å². The van der Waals surface area contributed by atoms with Crippen LogP contribution in [-0.4, -0.2) is 34.4 Å². The smallest absolute Gasteiger partial charge is 0.274 e. The van der Waals surface area contributed by atoms with Gasteiger partial charge in [-0.1, -0.05) is 28.1 Å². The van der Waals surface area contributed by atoms with Gasteiger partial charge in [0, 0.05) is 23.1 Å². The molecule has 2 heterocycles. The van der Waals surface area contributed by atoms with Crippen LogP contribution in [-0.2, 0) is 0 Å². The molecule has 0 bridgehead atoms. The van der Waals surface area contributed by atoms with Gasteiger partial charge in [0.25, 0.3) is 5.91 Å². The highest BCUT2D eigenvalue weighted by molar-refractivity contribution is 9.10. The van der Waals surface area contributed by atoms with E-state index in [-0.39, 0.29) is 11.9 Å². The van der Waals surface area contributed by atoms with Gasteiger partial charge >= 0.3 is 0 Å². The Labute approximate surface area is 147 Å². The van der Waals surface area contributed by atoms with Gasteiger partial charge in [-0.2, -0.15) is 0 Å². The normalized spacial score (nSPS) is 25.5. The van der Waals surface area contributed by atoms with Crippen molar-refractivity contribution in [2.45, 2.75) is 31.8 Å². The van der Waals surface area contributed by atoms with Crippen molar-refractivity contribution in [3.63, 3.8) is 0 Å². The van der Waals surface area contributed by atoms with E-state index >= 15 is 0 Å². The van der Waals surface area contributed by atoms with E-state index in [1.807, 2.05) is 36.1 Å². The Kier molecular flexibility index (Phi) is 3.78. The highest BCUT2D eigenvalue weighted by atomic mass is 79.9. The van der Waals surface area contributed by atoms with E-state index in [1.165, 1.54) is 0 Å². The van der Waals surface area contributed by atoms with E-state index < -0.39 is 0 Å². The lowest BCUT2D eigenvalue weighted by molar-refractivity contribution is 0.0701. The number of carbonyl (C=O) groups is 1. The van der Waals surface area contributed by atoms with Gasteiger partial charge < -0.3 is 10.6 Å². The second-order valence-electron chi connectivity index (χ2n) is 6.32. The second-order valence-corrected chi connectivity index (χ2v) is 8.44. The molecular formula is C17H18BrN3OS. The number of nitrogens with zero attached hydrogens (tertiary/aromatic N) is 2. The largest absolute Gasteiger partial charge is 0.330 e. The minimum Gasteiger partial charge on any atom is -0.330 e. The molecule has 4 rings (SSSR count). The van der Waals surface area contributed by atoms with Gasteiger partial charge in [-0.3, -0.25) is 4.79 Å². The summed E-state index contributed by atoms with van der Waals surface area (Å²) in [5.74, 6) is 0.705. The Morgan fingerprint density at radius 2 is 2.13 bits per heavy atom. The van der Waals surface area contributed by atoms with Crippen molar-refractivity contribution in [2.75, 3.05) is 6.54 Å². The van der Waals surface area contributed by atoms with Crippen LogP contribution >= 0.6 is 27.3 Å². The molecule has 4 nitrogen and oxygen atoms in total. The van der Waals surface area contributed by atoms with Crippen molar-refractivity contribution >= 4 is 33.2 Å². The lowest BCUT2D eigenvalue weighted by Gasteiger charge is -2.26. The number of benzene rings is 1. The summed E-state index contributed by atoms with van der Waals surface area (Å²) < 4.78 is 1.03. The average molecular weight is 392 g/mol. The Bertz CT molecular complexity index is 758. The van der Waals surface area contributed by atoms with Gasteiger partial charge in [0.05, 0.1) is 9.88 Å². The number of fused-ring (bicyclic) bond motifs is 1. The molecule has 3 atom stereocenters. The molecule has 2 aliphatic rings. The molecule has 1 saturated carbocycles. The third kappa shape index (κ3) is 2.62. The first kappa shape index (κ1) is 15.3. The molecule has 1 aliphatic carbocycles. The van der Waals surface area contributed by atoms with Crippen molar-refractivity contribution in [2.24, 2.45) is 11.7 Å². The molecule has 1 saturated heterocycles. The van der Waals surface area contributed by atoms with E-state index in [2.05, 4.69) is 20.9 Å². The summed E-state index contributed by atoms with van der Waals surface area (Å²) in [6.45, 7) is 2.49. The first-order chi connectivity index (χ1) is 11.1. The van der Waals surface area contributed by atoms with Crippen LogP contribution in [0.25, 0.3) is 10.4 Å². The third-order valence-corrected chi connectivity index (χ3v) is 6.31. The molecular weight excluding hydrogens is 374 g/mol. The minimum absolute atomic E-state index is 0.0488. The first-order valence-electron chi connectivity index (χ1n) is 7.84. The predicted octanol–water partition coefficient (Wildman–Crippen LogP) is 3.44. The van der Waals surface area contributed by atoms with Crippen molar-refractivity contribution in [1.29, 1.82) is 0 Å². The van der Waals surface area contributed by atoms with Crippen molar-refractivity contribution in [3.05, 3.63) is 39.4 Å². The molecule has 1 aromatic heterocycles. The van der Waals surface area contributed by atoms with Gasteiger partial charge in [0.15, 0.2) is 0 Å². The monoisotopic (exact) mass is 391 g/mol. The Morgan fingerprint density at radius 1 is 1.39 bits per heavy atom. The zero-order valence-corrected chi connectivity index (χ0v) is 15.2. The molecule has 2 N–H and O–H groups in total. The van der Waals surface area contributed by atoms with Crippen molar-refractivity contribution < 1.29 is 4.79 Å². The number of aromatic nitrogens is 1. The number of hydrogen-bond acceptors (Lipinski definition) is 4. The van der Waals surface area contributed by atoms with Crippen LogP contribution in [0.1, 0.15) is 28.3 Å². The number of rotatable bonds is 3. The quantitative estimate of drug-likeness (QED) is 0.871. The van der Waals surface area contributed by atoms with Crippen LogP contribution < -0.4 is 5.73 Å². The standard InChI is InChI=1S/C17H18BrN3OS/c1-9-20-15(16(23-9)10-2-4-12(18)5-3-10)17(22)21-13(8-19)6-11-7-14(11)21/h2-5,11,13-14H,6-8,19H2,1H3/t11-,13+,14+/m1/s1. The summed E-state index contributed by atoms with van der Waals surface area (Å²) in [7, 11) is 0. The summed E-state index contributed by atoms with van der Waals surface area (Å²) >= 11 is 5.03. The number of halogens is 1. The van der Waals surface area contributed by atoms with Gasteiger partial charge in [0.2, 0.25) is 0 Å². The number of piperidine rings is 1. The number of aryl methyl sites for hydroxylation is 1. The summed E-state index contributed by atoms with van der Waals surface area (Å²) in [4.78, 5) is 20.6. The minimum atomic E-state index is 0.0488. The highest BCUT2D eigenvalue weighted by Gasteiger charge is 2.54. The molecule has 120 valence electrons. The lowest BCUT2D eigenvalue weighted by Crippen LogP contribution is -2.42. The topological polar surface area (TPSA) is 59.2 Å². The Hall–Kier alpha value is -1.24. The van der Waals surface area contributed by atoms with Crippen LogP contribution in [0.4, 0.5) is 0 Å². The molecule has 0 spiro atoms. The number of carbonyl (C=O) groups excluding carboxylic acids is 1. The third-order valence-electron chi connectivity index (χ3n) is 4.76. The lowest BCUT2D eigenvalue weighted by atomic mass is 10.1. The van der Waals surface area contributed by atoms with Crippen LogP contribution in [0.15, 0.2) is 28.7 Å². The number of hydrogen-bond donors (Lipinski definition) is 1. The zero-order chi connectivity index (χ0) is 16.1. The summed E-state index contributed by atoms with van der Waals surface area (Å²) in [6.07, 6.45) is 2.17. The van der Waals surface area contributed by atoms with Gasteiger partial charge in [0.1, 0.15) is 5.69 Å². The fraction of sp³-hybridized carbons (Fsp3) is 0.412. The summed E-state index contributed by atoms with van der Waals surface area (Å²) in [6, 6.07) is 8.60. The second kappa shape index (κ2) is 5.69. The maximum Gasteiger partial charge on any atom is 0.274 e. The molecule has 2 aromatic rings. The number of thiazole rings is 1. The van der Waals surface area contributed by atoms with Crippen molar-refractivity contribution in [1.82, 2.24) is 9.88 Å². The van der Waals surface area contributed by atoms with E-state index in [9.17, 15) is 4.79 Å². The molecule has 6 heteroatoms. The SMILES string of the molecule is Cc1nc(C(=O)N2[C@H](CN)C[C@@H]3C[C@@H]32)c(-c2ccc(Br)cc2)s1. The highest BCUT2D eigenvalue weighted by Crippen LogP contribution is 2.48. The molecule has 1 amide bonds. The van der Waals surface area contributed by atoms with E-state index in [0.717, 1.165) is 32.8 Å². The maximum absolute atomic E-state index is 13.1. The van der Waals surface area contributed by atoms with Crippen LogP contribution in [0.2, 0.25) is 0 Å². The average Bonchev–Trinajstić information content (AvgIpc) is 3.03. The fourth-order valence-electron chi connectivity index (χ4n) is 3.58. The maximum atomic E-state index is 13.1. The van der Waals surface area contributed by atoms with E-state index in [1.54, 1.807) is 11.3 Å². The zero-order valence-electron chi connectivity index (χ0n) is 12.8. The Balaban J connectivity index is 1.71. The van der Waals surface area contributed by atoms with Crippen LogP contribution in [0, 0.1) is 12.8 Å². The number of amides is 1. The summed E-state index contributed by atoms with van der Waals surface area (Å²) in [5, 5.41) is 0.919. The molecule has 0 radical (unpaired) electrons. The van der Waals surface area contributed by atoms with Crippen molar-refractivity contribution in [3.8, 4) is 10.4 Å².